The third kappa shape index (κ3) is 7.38. The fraction of sp³-hybridized carbons (Fsp3) is 0.929. The van der Waals surface area contributed by atoms with Gasteiger partial charge in [0, 0.05) is 32.8 Å². The van der Waals surface area contributed by atoms with E-state index in [0.29, 0.717) is 6.04 Å². The van der Waals surface area contributed by atoms with Gasteiger partial charge < -0.3 is 20.3 Å². The predicted octanol–water partition coefficient (Wildman–Crippen LogP) is 1.06. The Hall–Kier alpha value is -0.810. The molecule has 1 saturated carbocycles. The maximum absolute atomic E-state index is 5.06. The summed E-state index contributed by atoms with van der Waals surface area (Å²) in [5.41, 5.74) is 0. The highest BCUT2D eigenvalue weighted by atomic mass is 16.5. The van der Waals surface area contributed by atoms with E-state index in [4.69, 9.17) is 4.74 Å². The summed E-state index contributed by atoms with van der Waals surface area (Å²) >= 11 is 0. The normalized spacial score (nSPS) is 17.2. The van der Waals surface area contributed by atoms with E-state index in [1.54, 1.807) is 7.11 Å². The highest BCUT2D eigenvalue weighted by molar-refractivity contribution is 5.80. The van der Waals surface area contributed by atoms with Crippen LogP contribution in [-0.2, 0) is 4.74 Å². The first-order valence-corrected chi connectivity index (χ1v) is 7.48. The van der Waals surface area contributed by atoms with Gasteiger partial charge in [-0.2, -0.15) is 0 Å². The van der Waals surface area contributed by atoms with E-state index >= 15 is 0 Å². The van der Waals surface area contributed by atoms with Gasteiger partial charge in [-0.15, -0.1) is 0 Å². The highest BCUT2D eigenvalue weighted by Crippen LogP contribution is 2.17. The second kappa shape index (κ2) is 10.0. The Balaban J connectivity index is 2.26. The van der Waals surface area contributed by atoms with Gasteiger partial charge in [0.25, 0.3) is 0 Å². The van der Waals surface area contributed by atoms with Crippen molar-refractivity contribution in [2.24, 2.45) is 4.99 Å². The zero-order chi connectivity index (χ0) is 13.9. The van der Waals surface area contributed by atoms with Crippen molar-refractivity contribution in [2.75, 3.05) is 46.9 Å². The Morgan fingerprint density at radius 1 is 1.32 bits per heavy atom. The molecule has 1 fully saturated rings. The fourth-order valence-electron chi connectivity index (χ4n) is 2.27. The lowest BCUT2D eigenvalue weighted by Gasteiger charge is -2.18. The molecule has 0 radical (unpaired) electrons. The van der Waals surface area contributed by atoms with Crippen LogP contribution in [0.5, 0.6) is 0 Å². The topological polar surface area (TPSA) is 48.9 Å². The molecule has 5 nitrogen and oxygen atoms in total. The average molecular weight is 270 g/mol. The third-order valence-corrected chi connectivity index (χ3v) is 3.47. The Morgan fingerprint density at radius 2 is 2.05 bits per heavy atom. The number of guanidine groups is 1. The summed E-state index contributed by atoms with van der Waals surface area (Å²) in [6.45, 7) is 6.54. The molecule has 2 N–H and O–H groups in total. The van der Waals surface area contributed by atoms with E-state index in [2.05, 4.69) is 34.5 Å². The van der Waals surface area contributed by atoms with Crippen molar-refractivity contribution < 1.29 is 4.74 Å². The molecule has 1 rings (SSSR count). The van der Waals surface area contributed by atoms with Gasteiger partial charge in [0.15, 0.2) is 5.96 Å². The summed E-state index contributed by atoms with van der Waals surface area (Å²) in [4.78, 5) is 6.88. The molecule has 1 aliphatic rings. The summed E-state index contributed by atoms with van der Waals surface area (Å²) in [7, 11) is 3.84. The first kappa shape index (κ1) is 16.2. The van der Waals surface area contributed by atoms with Crippen molar-refractivity contribution in [3.8, 4) is 0 Å². The Bertz CT molecular complexity index is 252. The lowest BCUT2D eigenvalue weighted by atomic mass is 10.2. The minimum atomic E-state index is 0.615. The molecule has 1 aliphatic carbocycles. The van der Waals surface area contributed by atoms with Crippen LogP contribution in [0.1, 0.15) is 32.6 Å². The summed E-state index contributed by atoms with van der Waals surface area (Å²) in [6.07, 6.45) is 5.24. The minimum Gasteiger partial charge on any atom is -0.383 e. The molecule has 0 amide bonds. The van der Waals surface area contributed by atoms with Crippen LogP contribution in [-0.4, -0.2) is 63.8 Å². The molecule has 0 aromatic carbocycles. The van der Waals surface area contributed by atoms with Crippen molar-refractivity contribution >= 4 is 5.96 Å². The standard InChI is InChI=1S/C14H30N4O/c1-4-15-14(17-13-7-5-6-8-13)16-9-10-18(2)11-12-19-3/h13H,4-12H2,1-3H3,(H2,15,16,17). The molecule has 0 aromatic rings. The van der Waals surface area contributed by atoms with Crippen molar-refractivity contribution in [1.29, 1.82) is 0 Å². The number of methoxy groups -OCH3 is 1. The van der Waals surface area contributed by atoms with Gasteiger partial charge in [0.2, 0.25) is 0 Å². The minimum absolute atomic E-state index is 0.615. The number of ether oxygens (including phenoxy) is 1. The van der Waals surface area contributed by atoms with E-state index in [1.165, 1.54) is 25.7 Å². The molecular weight excluding hydrogens is 240 g/mol. The highest BCUT2D eigenvalue weighted by Gasteiger charge is 2.15. The molecule has 112 valence electrons. The quantitative estimate of drug-likeness (QED) is 0.511. The molecule has 0 bridgehead atoms. The number of rotatable bonds is 8. The maximum atomic E-state index is 5.06. The molecular formula is C14H30N4O. The Morgan fingerprint density at radius 3 is 2.68 bits per heavy atom. The second-order valence-corrected chi connectivity index (χ2v) is 5.18. The first-order valence-electron chi connectivity index (χ1n) is 7.48. The van der Waals surface area contributed by atoms with Crippen molar-refractivity contribution in [2.45, 2.75) is 38.6 Å². The smallest absolute Gasteiger partial charge is 0.191 e. The van der Waals surface area contributed by atoms with E-state index in [9.17, 15) is 0 Å². The van der Waals surface area contributed by atoms with Gasteiger partial charge in [-0.25, -0.2) is 0 Å². The SMILES string of the molecule is CCNC(=NCCN(C)CCOC)NC1CCCC1. The molecule has 0 atom stereocenters. The molecule has 0 heterocycles. The van der Waals surface area contributed by atoms with Gasteiger partial charge in [-0.1, -0.05) is 12.8 Å². The summed E-state index contributed by atoms with van der Waals surface area (Å²) in [5, 5.41) is 6.85. The fourth-order valence-corrected chi connectivity index (χ4v) is 2.27. The van der Waals surface area contributed by atoms with Crippen LogP contribution < -0.4 is 10.6 Å². The van der Waals surface area contributed by atoms with Crippen LogP contribution in [0.2, 0.25) is 0 Å². The van der Waals surface area contributed by atoms with Gasteiger partial charge in [-0.05, 0) is 26.8 Å². The van der Waals surface area contributed by atoms with Crippen LogP contribution in [0.25, 0.3) is 0 Å². The number of likely N-dealkylation sites (N-methyl/N-ethyl adjacent to an activating group) is 1. The zero-order valence-corrected chi connectivity index (χ0v) is 12.7. The Kier molecular flexibility index (Phi) is 8.58. The van der Waals surface area contributed by atoms with E-state index in [-0.39, 0.29) is 0 Å². The summed E-state index contributed by atoms with van der Waals surface area (Å²) in [5.74, 6) is 0.967. The molecule has 0 aliphatic heterocycles. The summed E-state index contributed by atoms with van der Waals surface area (Å²) in [6, 6.07) is 0.615. The van der Waals surface area contributed by atoms with Crippen molar-refractivity contribution in [1.82, 2.24) is 15.5 Å². The molecule has 0 aromatic heterocycles. The van der Waals surface area contributed by atoms with Crippen LogP contribution in [0.4, 0.5) is 0 Å². The van der Waals surface area contributed by atoms with Crippen LogP contribution in [0.15, 0.2) is 4.99 Å². The predicted molar refractivity (Wildman–Crippen MR) is 80.7 cm³/mol. The van der Waals surface area contributed by atoms with E-state index in [0.717, 1.165) is 38.7 Å². The average Bonchev–Trinajstić information content (AvgIpc) is 2.89. The monoisotopic (exact) mass is 270 g/mol. The number of hydrogen-bond donors (Lipinski definition) is 2. The first-order chi connectivity index (χ1) is 9.26. The number of nitrogens with one attached hydrogen (secondary N) is 2. The molecule has 5 heteroatoms. The molecule has 0 saturated heterocycles. The second-order valence-electron chi connectivity index (χ2n) is 5.18. The third-order valence-electron chi connectivity index (χ3n) is 3.47. The number of aliphatic imine (C=N–C) groups is 1. The molecule has 0 unspecified atom stereocenters. The molecule has 0 spiro atoms. The zero-order valence-electron chi connectivity index (χ0n) is 12.7. The van der Waals surface area contributed by atoms with Gasteiger partial charge in [0.1, 0.15) is 0 Å². The van der Waals surface area contributed by atoms with Crippen LogP contribution in [0.3, 0.4) is 0 Å². The van der Waals surface area contributed by atoms with Crippen molar-refractivity contribution in [3.05, 3.63) is 0 Å². The van der Waals surface area contributed by atoms with Crippen LogP contribution >= 0.6 is 0 Å². The lowest BCUT2D eigenvalue weighted by Crippen LogP contribution is -2.42. The van der Waals surface area contributed by atoms with Gasteiger partial charge >= 0.3 is 0 Å². The van der Waals surface area contributed by atoms with Crippen LogP contribution in [0, 0.1) is 0 Å². The van der Waals surface area contributed by atoms with E-state index in [1.807, 2.05) is 0 Å². The number of hydrogen-bond acceptors (Lipinski definition) is 3. The largest absolute Gasteiger partial charge is 0.383 e. The maximum Gasteiger partial charge on any atom is 0.191 e. The van der Waals surface area contributed by atoms with Gasteiger partial charge in [0.05, 0.1) is 13.2 Å². The van der Waals surface area contributed by atoms with E-state index < -0.39 is 0 Å². The lowest BCUT2D eigenvalue weighted by molar-refractivity contribution is 0.163. The summed E-state index contributed by atoms with van der Waals surface area (Å²) < 4.78 is 5.06. The van der Waals surface area contributed by atoms with Gasteiger partial charge in [-0.3, -0.25) is 4.99 Å². The number of nitrogens with zero attached hydrogens (tertiary/aromatic N) is 2. The Labute approximate surface area is 117 Å². The van der Waals surface area contributed by atoms with Crippen molar-refractivity contribution in [3.63, 3.8) is 0 Å². The molecule has 19 heavy (non-hydrogen) atoms.